The Hall–Kier alpha value is -2.07. The fourth-order valence-corrected chi connectivity index (χ4v) is 10.4. The van der Waals surface area contributed by atoms with E-state index >= 15 is 0 Å². The van der Waals surface area contributed by atoms with Gasteiger partial charge in [0.15, 0.2) is 0 Å². The van der Waals surface area contributed by atoms with E-state index in [4.69, 9.17) is 4.74 Å². The number of amides is 1. The lowest BCUT2D eigenvalue weighted by Gasteiger charge is -2.39. The fourth-order valence-electron chi connectivity index (χ4n) is 7.25. The van der Waals surface area contributed by atoms with Crippen LogP contribution in [0.3, 0.4) is 0 Å². The molecule has 40 heavy (non-hydrogen) atoms. The molecule has 0 radical (unpaired) electrons. The Morgan fingerprint density at radius 1 is 1.20 bits per heavy atom. The largest absolute Gasteiger partial charge is 0.382 e. The Morgan fingerprint density at radius 2 is 1.95 bits per heavy atom. The number of aryl methyl sites for hydroxylation is 1. The van der Waals surface area contributed by atoms with E-state index in [0.717, 1.165) is 29.5 Å². The average Bonchev–Trinajstić information content (AvgIpc) is 3.53. The number of carbonyl (C=O) groups excluding carboxylic acids is 2. The number of nitrogens with zero attached hydrogens (tertiary/aromatic N) is 2. The van der Waals surface area contributed by atoms with Crippen molar-refractivity contribution in [2.75, 3.05) is 38.6 Å². The van der Waals surface area contributed by atoms with Gasteiger partial charge < -0.3 is 9.64 Å². The van der Waals surface area contributed by atoms with Gasteiger partial charge in [-0.2, -0.15) is 4.31 Å². The second kappa shape index (κ2) is 11.3. The molecular weight excluding hydrogens is 544 g/mol. The summed E-state index contributed by atoms with van der Waals surface area (Å²) in [7, 11) is -3.90. The van der Waals surface area contributed by atoms with Crippen molar-refractivity contribution >= 4 is 33.1 Å². The van der Waals surface area contributed by atoms with E-state index < -0.39 is 15.4 Å². The number of ether oxygens (including phenoxy) is 1. The van der Waals surface area contributed by atoms with E-state index in [9.17, 15) is 18.0 Å². The first-order chi connectivity index (χ1) is 19.0. The number of benzene rings is 1. The Bertz CT molecular complexity index is 1350. The maximum absolute atomic E-state index is 14.1. The van der Waals surface area contributed by atoms with Gasteiger partial charge >= 0.3 is 0 Å². The molecule has 2 aromatic rings. The Morgan fingerprint density at radius 3 is 2.60 bits per heavy atom. The summed E-state index contributed by atoms with van der Waals surface area (Å²) in [5.41, 5.74) is 2.05. The van der Waals surface area contributed by atoms with Crippen molar-refractivity contribution in [2.45, 2.75) is 65.8 Å². The summed E-state index contributed by atoms with van der Waals surface area (Å²) in [5, 5.41) is 2.07. The van der Waals surface area contributed by atoms with Gasteiger partial charge in [-0.3, -0.25) is 9.59 Å². The van der Waals surface area contributed by atoms with Crippen LogP contribution in [0.15, 0.2) is 35.7 Å². The zero-order valence-corrected chi connectivity index (χ0v) is 25.8. The first-order valence-electron chi connectivity index (χ1n) is 14.5. The van der Waals surface area contributed by atoms with Crippen LogP contribution in [0.2, 0.25) is 0 Å². The van der Waals surface area contributed by atoms with Crippen LogP contribution < -0.4 is 0 Å². The Labute approximate surface area is 242 Å². The zero-order chi connectivity index (χ0) is 28.7. The number of ketones is 1. The minimum Gasteiger partial charge on any atom is -0.382 e. The summed E-state index contributed by atoms with van der Waals surface area (Å²) in [6.07, 6.45) is 3.19. The topological polar surface area (TPSA) is 84.0 Å². The van der Waals surface area contributed by atoms with Crippen molar-refractivity contribution in [3.63, 3.8) is 0 Å². The van der Waals surface area contributed by atoms with Crippen LogP contribution >= 0.6 is 11.3 Å². The number of hydrogen-bond acceptors (Lipinski definition) is 6. The highest BCUT2D eigenvalue weighted by molar-refractivity contribution is 7.89. The molecule has 1 aliphatic heterocycles. The van der Waals surface area contributed by atoms with E-state index in [0.29, 0.717) is 39.0 Å². The maximum Gasteiger partial charge on any atom is 0.238 e. The summed E-state index contributed by atoms with van der Waals surface area (Å²) < 4.78 is 35.0. The van der Waals surface area contributed by atoms with E-state index in [1.54, 1.807) is 11.3 Å². The number of carbonyl (C=O) groups is 2. The van der Waals surface area contributed by atoms with Crippen molar-refractivity contribution in [1.82, 2.24) is 9.21 Å². The molecule has 9 heteroatoms. The van der Waals surface area contributed by atoms with Gasteiger partial charge in [-0.15, -0.1) is 11.3 Å². The quantitative estimate of drug-likeness (QED) is 0.347. The van der Waals surface area contributed by atoms with Crippen molar-refractivity contribution in [1.29, 1.82) is 0 Å². The molecule has 3 unspecified atom stereocenters. The maximum atomic E-state index is 14.1. The molecule has 1 amide bonds. The lowest BCUT2D eigenvalue weighted by atomic mass is 9.70. The van der Waals surface area contributed by atoms with E-state index in [1.165, 1.54) is 9.18 Å². The second-order valence-electron chi connectivity index (χ2n) is 12.3. The highest BCUT2D eigenvalue weighted by Gasteiger charge is 2.65. The molecule has 2 heterocycles. The van der Waals surface area contributed by atoms with Crippen LogP contribution in [0.5, 0.6) is 0 Å². The third kappa shape index (κ3) is 5.19. The summed E-state index contributed by atoms with van der Waals surface area (Å²) in [6, 6.07) is 10.1. The number of sulfonamides is 1. The number of rotatable bonds is 11. The van der Waals surface area contributed by atoms with Crippen molar-refractivity contribution in [3.8, 4) is 0 Å². The number of hydrogen-bond donors (Lipinski definition) is 0. The fraction of sp³-hybridized carbons (Fsp3) is 0.613. The number of Topliss-reactive ketones (excluding diaryl/α,β-unsaturated/α-hetero) is 1. The molecule has 0 saturated heterocycles. The van der Waals surface area contributed by atoms with Gasteiger partial charge in [0.05, 0.1) is 18.3 Å². The van der Waals surface area contributed by atoms with Crippen LogP contribution in [0.4, 0.5) is 0 Å². The van der Waals surface area contributed by atoms with Gasteiger partial charge in [-0.25, -0.2) is 8.42 Å². The van der Waals surface area contributed by atoms with Crippen LogP contribution in [0.1, 0.15) is 74.1 Å². The lowest BCUT2D eigenvalue weighted by molar-refractivity contribution is -0.133. The first kappa shape index (κ1) is 29.4. The van der Waals surface area contributed by atoms with Crippen LogP contribution in [0.25, 0.3) is 0 Å². The number of fused-ring (bicyclic) bond motifs is 3. The summed E-state index contributed by atoms with van der Waals surface area (Å²) in [6.45, 7) is 9.51. The molecule has 2 saturated carbocycles. The predicted molar refractivity (Wildman–Crippen MR) is 158 cm³/mol. The molecule has 2 fully saturated rings. The van der Waals surface area contributed by atoms with Crippen molar-refractivity contribution in [3.05, 3.63) is 57.3 Å². The van der Waals surface area contributed by atoms with Gasteiger partial charge in [0.2, 0.25) is 15.9 Å². The molecule has 218 valence electrons. The van der Waals surface area contributed by atoms with E-state index in [1.807, 2.05) is 32.6 Å². The molecule has 2 aliphatic carbocycles. The zero-order valence-electron chi connectivity index (χ0n) is 24.1. The van der Waals surface area contributed by atoms with Gasteiger partial charge in [0.1, 0.15) is 5.78 Å². The molecule has 7 nitrogen and oxygen atoms in total. The van der Waals surface area contributed by atoms with E-state index in [-0.39, 0.29) is 47.9 Å². The van der Waals surface area contributed by atoms with Gasteiger partial charge in [-0.1, -0.05) is 43.7 Å². The monoisotopic (exact) mass is 586 g/mol. The molecular formula is C31H42N2O5S2. The lowest BCUT2D eigenvalue weighted by Crippen LogP contribution is -2.50. The van der Waals surface area contributed by atoms with E-state index in [2.05, 4.69) is 35.7 Å². The van der Waals surface area contributed by atoms with Crippen LogP contribution in [0, 0.1) is 23.7 Å². The molecule has 0 spiro atoms. The average molecular weight is 587 g/mol. The molecule has 2 bridgehead atoms. The summed E-state index contributed by atoms with van der Waals surface area (Å²) in [5.74, 6) is -0.133. The SMILES string of the molecule is CCOCCCN(CC(=O)N1CCc2sccc2C1c1ccc(C)cc1)S(=O)(=O)CC12CCC(CC1=O)C2(C)C. The molecule has 1 aromatic carbocycles. The minimum absolute atomic E-state index is 0.0679. The van der Waals surface area contributed by atoms with Crippen LogP contribution in [-0.2, 0) is 30.8 Å². The van der Waals surface area contributed by atoms with Gasteiger partial charge in [0.25, 0.3) is 0 Å². The third-order valence-electron chi connectivity index (χ3n) is 9.85. The normalized spacial score (nSPS) is 25.5. The molecule has 0 N–H and O–H groups in total. The predicted octanol–water partition coefficient (Wildman–Crippen LogP) is 4.98. The Balaban J connectivity index is 1.42. The minimum atomic E-state index is -3.90. The molecule has 3 atom stereocenters. The highest BCUT2D eigenvalue weighted by atomic mass is 32.2. The Kier molecular flexibility index (Phi) is 8.32. The number of thiophene rings is 1. The highest BCUT2D eigenvalue weighted by Crippen LogP contribution is 2.64. The first-order valence-corrected chi connectivity index (χ1v) is 17.0. The second-order valence-corrected chi connectivity index (χ2v) is 15.2. The summed E-state index contributed by atoms with van der Waals surface area (Å²) >= 11 is 1.71. The van der Waals surface area contributed by atoms with Crippen LogP contribution in [-0.4, -0.2) is 67.9 Å². The third-order valence-corrected chi connectivity index (χ3v) is 12.8. The van der Waals surface area contributed by atoms with Gasteiger partial charge in [-0.05, 0) is 73.4 Å². The molecule has 3 aliphatic rings. The van der Waals surface area contributed by atoms with Crippen molar-refractivity contribution in [2.24, 2.45) is 16.7 Å². The summed E-state index contributed by atoms with van der Waals surface area (Å²) in [4.78, 5) is 30.3. The smallest absolute Gasteiger partial charge is 0.238 e. The molecule has 5 rings (SSSR count). The van der Waals surface area contributed by atoms with Gasteiger partial charge in [0, 0.05) is 43.0 Å². The molecule has 1 aromatic heterocycles. The van der Waals surface area contributed by atoms with Crippen molar-refractivity contribution < 1.29 is 22.7 Å². The standard InChI is InChI=1S/C31H42N2O5S2/c1-5-38-17-6-15-32(40(36,37)21-31-14-11-24(19-27(31)34)30(31,3)4)20-28(35)33-16-12-26-25(13-18-39-26)29(33)23-9-7-22(2)8-10-23/h7-10,13,18,24,29H,5-6,11-12,14-17,19-21H2,1-4H3.